The Labute approximate surface area is 111 Å². The van der Waals surface area contributed by atoms with Crippen molar-refractivity contribution in [2.45, 2.75) is 19.5 Å². The van der Waals surface area contributed by atoms with E-state index in [1.54, 1.807) is 6.92 Å². The maximum absolute atomic E-state index is 12.8. The Bertz CT molecular complexity index is 430. The van der Waals surface area contributed by atoms with Gasteiger partial charge in [0.25, 0.3) is 0 Å². The van der Waals surface area contributed by atoms with Crippen molar-refractivity contribution >= 4 is 21.7 Å². The van der Waals surface area contributed by atoms with Gasteiger partial charge >= 0.3 is 6.18 Å². The van der Waals surface area contributed by atoms with Gasteiger partial charge in [-0.3, -0.25) is 4.79 Å². The van der Waals surface area contributed by atoms with Crippen LogP contribution >= 0.6 is 15.9 Å². The van der Waals surface area contributed by atoms with Crippen molar-refractivity contribution in [3.63, 3.8) is 0 Å². The van der Waals surface area contributed by atoms with Gasteiger partial charge in [-0.25, -0.2) is 0 Å². The van der Waals surface area contributed by atoms with Crippen LogP contribution in [-0.4, -0.2) is 17.7 Å². The van der Waals surface area contributed by atoms with E-state index in [9.17, 15) is 18.0 Å². The van der Waals surface area contributed by atoms with Crippen LogP contribution in [0, 0.1) is 0 Å². The molecule has 1 aromatic rings. The smallest absolute Gasteiger partial charge is 0.419 e. The molecular formula is C12H12BrF3O2. The number of alkyl halides is 4. The second-order valence-electron chi connectivity index (χ2n) is 3.48. The monoisotopic (exact) mass is 324 g/mol. The molecule has 0 N–H and O–H groups in total. The highest BCUT2D eigenvalue weighted by Gasteiger charge is 2.36. The van der Waals surface area contributed by atoms with Crippen molar-refractivity contribution in [1.29, 1.82) is 0 Å². The van der Waals surface area contributed by atoms with E-state index in [0.717, 1.165) is 6.07 Å². The van der Waals surface area contributed by atoms with Gasteiger partial charge in [0.1, 0.15) is 5.75 Å². The normalized spacial score (nSPS) is 11.4. The first-order valence-electron chi connectivity index (χ1n) is 5.34. The molecule has 0 unspecified atom stereocenters. The number of hydrogen-bond acceptors (Lipinski definition) is 2. The molecule has 0 saturated heterocycles. The standard InChI is InChI=1S/C12H12BrF3O2/c1-2-18-11-8(10(17)6-7-13)4-3-5-9(11)12(14,15)16/h3-5H,2,6-7H2,1H3. The molecule has 0 radical (unpaired) electrons. The van der Waals surface area contributed by atoms with Crippen LogP contribution in [0.15, 0.2) is 18.2 Å². The lowest BCUT2D eigenvalue weighted by atomic mass is 10.0. The largest absolute Gasteiger partial charge is 0.492 e. The van der Waals surface area contributed by atoms with Crippen LogP contribution in [-0.2, 0) is 6.18 Å². The van der Waals surface area contributed by atoms with Gasteiger partial charge in [0.05, 0.1) is 17.7 Å². The second kappa shape index (κ2) is 6.22. The average Bonchev–Trinajstić information content (AvgIpc) is 2.28. The maximum Gasteiger partial charge on any atom is 0.419 e. The summed E-state index contributed by atoms with van der Waals surface area (Å²) < 4.78 is 43.4. The Hall–Kier alpha value is -1.04. The summed E-state index contributed by atoms with van der Waals surface area (Å²) >= 11 is 3.08. The molecule has 0 aromatic heterocycles. The number of ketones is 1. The third-order valence-corrected chi connectivity index (χ3v) is 2.63. The second-order valence-corrected chi connectivity index (χ2v) is 4.27. The zero-order chi connectivity index (χ0) is 13.8. The van der Waals surface area contributed by atoms with E-state index in [1.165, 1.54) is 12.1 Å². The number of benzene rings is 1. The maximum atomic E-state index is 12.8. The van der Waals surface area contributed by atoms with Crippen LogP contribution in [0.3, 0.4) is 0 Å². The third-order valence-electron chi connectivity index (χ3n) is 2.23. The Morgan fingerprint density at radius 3 is 2.56 bits per heavy atom. The van der Waals surface area contributed by atoms with Gasteiger partial charge < -0.3 is 4.74 Å². The summed E-state index contributed by atoms with van der Waals surface area (Å²) in [6.07, 6.45) is -4.41. The summed E-state index contributed by atoms with van der Waals surface area (Å²) in [5.41, 5.74) is -0.934. The molecule has 0 heterocycles. The van der Waals surface area contributed by atoms with Crippen molar-refractivity contribution in [1.82, 2.24) is 0 Å². The first kappa shape index (κ1) is 15.0. The van der Waals surface area contributed by atoms with Crippen LogP contribution in [0.5, 0.6) is 5.75 Å². The van der Waals surface area contributed by atoms with Gasteiger partial charge in [-0.1, -0.05) is 22.0 Å². The molecule has 0 aliphatic rings. The number of carbonyl (C=O) groups excluding carboxylic acids is 1. The van der Waals surface area contributed by atoms with Crippen molar-refractivity contribution in [3.05, 3.63) is 29.3 Å². The van der Waals surface area contributed by atoms with Gasteiger partial charge in [-0.15, -0.1) is 0 Å². The van der Waals surface area contributed by atoms with Crippen LogP contribution in [0.25, 0.3) is 0 Å². The van der Waals surface area contributed by atoms with Crippen LogP contribution in [0.4, 0.5) is 13.2 Å². The predicted octanol–water partition coefficient (Wildman–Crippen LogP) is 4.07. The van der Waals surface area contributed by atoms with Crippen molar-refractivity contribution in [2.24, 2.45) is 0 Å². The van der Waals surface area contributed by atoms with E-state index in [4.69, 9.17) is 4.74 Å². The van der Waals surface area contributed by atoms with E-state index < -0.39 is 11.7 Å². The number of para-hydroxylation sites is 1. The van der Waals surface area contributed by atoms with Gasteiger partial charge in [0.2, 0.25) is 0 Å². The molecule has 100 valence electrons. The zero-order valence-corrected chi connectivity index (χ0v) is 11.3. The minimum atomic E-state index is -4.53. The molecule has 0 bridgehead atoms. The highest BCUT2D eigenvalue weighted by Crippen LogP contribution is 2.38. The summed E-state index contributed by atoms with van der Waals surface area (Å²) in [6, 6.07) is 3.48. The van der Waals surface area contributed by atoms with E-state index in [-0.39, 0.29) is 30.1 Å². The lowest BCUT2D eigenvalue weighted by Gasteiger charge is -2.16. The minimum absolute atomic E-state index is 0.0221. The van der Waals surface area contributed by atoms with Crippen molar-refractivity contribution in [2.75, 3.05) is 11.9 Å². The molecule has 18 heavy (non-hydrogen) atoms. The number of ether oxygens (including phenoxy) is 1. The Kier molecular flexibility index (Phi) is 5.19. The first-order chi connectivity index (χ1) is 8.41. The molecule has 1 rings (SSSR count). The number of halogens is 4. The fourth-order valence-electron chi connectivity index (χ4n) is 1.50. The predicted molar refractivity (Wildman–Crippen MR) is 65.4 cm³/mol. The van der Waals surface area contributed by atoms with E-state index >= 15 is 0 Å². The number of Topliss-reactive ketones (excluding diaryl/α,β-unsaturated/α-hetero) is 1. The Morgan fingerprint density at radius 1 is 1.39 bits per heavy atom. The molecular weight excluding hydrogens is 313 g/mol. The summed E-state index contributed by atoms with van der Waals surface area (Å²) in [7, 11) is 0. The molecule has 0 saturated carbocycles. The van der Waals surface area contributed by atoms with Gasteiger partial charge in [-0.05, 0) is 19.1 Å². The number of hydrogen-bond donors (Lipinski definition) is 0. The Balaban J connectivity index is 3.30. The number of carbonyl (C=O) groups is 1. The molecule has 2 nitrogen and oxygen atoms in total. The Morgan fingerprint density at radius 2 is 2.06 bits per heavy atom. The summed E-state index contributed by atoms with van der Waals surface area (Å²) in [4.78, 5) is 11.7. The fraction of sp³-hybridized carbons (Fsp3) is 0.417. The lowest BCUT2D eigenvalue weighted by Crippen LogP contribution is -2.13. The van der Waals surface area contributed by atoms with Crippen molar-refractivity contribution in [3.8, 4) is 5.75 Å². The molecule has 0 aliphatic heterocycles. The summed E-state index contributed by atoms with van der Waals surface area (Å²) in [5.74, 6) is -0.750. The third kappa shape index (κ3) is 3.48. The minimum Gasteiger partial charge on any atom is -0.492 e. The van der Waals surface area contributed by atoms with Gasteiger partial charge in [0, 0.05) is 11.8 Å². The highest BCUT2D eigenvalue weighted by atomic mass is 79.9. The highest BCUT2D eigenvalue weighted by molar-refractivity contribution is 9.09. The fourth-order valence-corrected chi connectivity index (χ4v) is 1.86. The molecule has 1 aromatic carbocycles. The van der Waals surface area contributed by atoms with E-state index in [1.807, 2.05) is 0 Å². The van der Waals surface area contributed by atoms with E-state index in [0.29, 0.717) is 5.33 Å². The molecule has 6 heteroatoms. The van der Waals surface area contributed by atoms with Gasteiger partial charge in [-0.2, -0.15) is 13.2 Å². The lowest BCUT2D eigenvalue weighted by molar-refractivity contribution is -0.138. The molecule has 0 aliphatic carbocycles. The summed E-state index contributed by atoms with van der Waals surface area (Å²) in [5, 5.41) is 0.396. The molecule has 0 fully saturated rings. The van der Waals surface area contributed by atoms with Crippen LogP contribution in [0.2, 0.25) is 0 Å². The van der Waals surface area contributed by atoms with Gasteiger partial charge in [0.15, 0.2) is 5.78 Å². The topological polar surface area (TPSA) is 26.3 Å². The zero-order valence-electron chi connectivity index (χ0n) is 9.68. The molecule has 0 spiro atoms. The van der Waals surface area contributed by atoms with E-state index in [2.05, 4.69) is 15.9 Å². The SMILES string of the molecule is CCOc1c(C(=O)CCBr)cccc1C(F)(F)F. The number of rotatable bonds is 5. The quantitative estimate of drug-likeness (QED) is 0.602. The molecule has 0 atom stereocenters. The van der Waals surface area contributed by atoms with Crippen molar-refractivity contribution < 1.29 is 22.7 Å². The summed E-state index contributed by atoms with van der Waals surface area (Å²) in [6.45, 7) is 1.65. The average molecular weight is 325 g/mol. The van der Waals surface area contributed by atoms with Crippen LogP contribution in [0.1, 0.15) is 29.3 Å². The first-order valence-corrected chi connectivity index (χ1v) is 6.46. The molecule has 0 amide bonds. The van der Waals surface area contributed by atoms with Crippen LogP contribution < -0.4 is 4.74 Å².